The molecule has 0 spiro atoms. The summed E-state index contributed by atoms with van der Waals surface area (Å²) in [5.74, 6) is 0.912. The summed E-state index contributed by atoms with van der Waals surface area (Å²) in [6.45, 7) is 7.05. The van der Waals surface area contributed by atoms with E-state index in [1.165, 1.54) is 0 Å². The SMILES string of the molecule is CCC(CC)N(CCO)c1cc(C)ncn1. The third kappa shape index (κ3) is 3.17. The molecular weight excluding hydrogens is 202 g/mol. The highest BCUT2D eigenvalue weighted by Gasteiger charge is 2.16. The number of aliphatic hydroxyl groups is 1. The fourth-order valence-corrected chi connectivity index (χ4v) is 1.92. The van der Waals surface area contributed by atoms with E-state index in [9.17, 15) is 0 Å². The molecule has 0 bridgehead atoms. The second-order valence-corrected chi connectivity index (χ2v) is 3.90. The summed E-state index contributed by atoms with van der Waals surface area (Å²) in [6, 6.07) is 2.40. The fraction of sp³-hybridized carbons (Fsp3) is 0.667. The second kappa shape index (κ2) is 6.43. The van der Waals surface area contributed by atoms with Crippen LogP contribution in [0.25, 0.3) is 0 Å². The molecule has 0 amide bonds. The lowest BCUT2D eigenvalue weighted by molar-refractivity contribution is 0.295. The van der Waals surface area contributed by atoms with Crippen molar-refractivity contribution < 1.29 is 5.11 Å². The van der Waals surface area contributed by atoms with Crippen LogP contribution in [0.3, 0.4) is 0 Å². The zero-order valence-corrected chi connectivity index (χ0v) is 10.3. The predicted octanol–water partition coefficient (Wildman–Crippen LogP) is 1.77. The number of hydrogen-bond donors (Lipinski definition) is 1. The van der Waals surface area contributed by atoms with Crippen molar-refractivity contribution in [3.8, 4) is 0 Å². The Morgan fingerprint density at radius 3 is 2.50 bits per heavy atom. The monoisotopic (exact) mass is 223 g/mol. The van der Waals surface area contributed by atoms with Gasteiger partial charge >= 0.3 is 0 Å². The maximum atomic E-state index is 9.12. The Labute approximate surface area is 97.3 Å². The van der Waals surface area contributed by atoms with Gasteiger partial charge in [0.25, 0.3) is 0 Å². The molecule has 16 heavy (non-hydrogen) atoms. The minimum Gasteiger partial charge on any atom is -0.395 e. The molecule has 0 aliphatic heterocycles. The molecule has 0 radical (unpaired) electrons. The van der Waals surface area contributed by atoms with Gasteiger partial charge in [-0.1, -0.05) is 13.8 Å². The van der Waals surface area contributed by atoms with E-state index in [1.807, 2.05) is 13.0 Å². The van der Waals surface area contributed by atoms with Crippen LogP contribution in [-0.2, 0) is 0 Å². The fourth-order valence-electron chi connectivity index (χ4n) is 1.92. The lowest BCUT2D eigenvalue weighted by Crippen LogP contribution is -2.37. The predicted molar refractivity (Wildman–Crippen MR) is 65.6 cm³/mol. The lowest BCUT2D eigenvalue weighted by atomic mass is 10.1. The molecule has 0 unspecified atom stereocenters. The van der Waals surface area contributed by atoms with Crippen LogP contribution in [0.4, 0.5) is 5.82 Å². The highest BCUT2D eigenvalue weighted by Crippen LogP contribution is 2.17. The maximum absolute atomic E-state index is 9.12. The standard InChI is InChI=1S/C12H21N3O/c1-4-11(5-2)15(6-7-16)12-8-10(3)13-9-14-12/h8-9,11,16H,4-7H2,1-3H3. The Balaban J connectivity index is 2.91. The number of aliphatic hydroxyl groups excluding tert-OH is 1. The van der Waals surface area contributed by atoms with E-state index >= 15 is 0 Å². The van der Waals surface area contributed by atoms with Gasteiger partial charge in [0, 0.05) is 24.3 Å². The minimum absolute atomic E-state index is 0.152. The first kappa shape index (κ1) is 12.9. The zero-order chi connectivity index (χ0) is 12.0. The van der Waals surface area contributed by atoms with Crippen molar-refractivity contribution in [3.05, 3.63) is 18.1 Å². The van der Waals surface area contributed by atoms with Crippen LogP contribution in [0, 0.1) is 6.92 Å². The van der Waals surface area contributed by atoms with E-state index in [2.05, 4.69) is 28.7 Å². The van der Waals surface area contributed by atoms with Gasteiger partial charge in [-0.05, 0) is 19.8 Å². The van der Waals surface area contributed by atoms with Crippen LogP contribution < -0.4 is 4.90 Å². The van der Waals surface area contributed by atoms with Crippen LogP contribution in [0.1, 0.15) is 32.4 Å². The summed E-state index contributed by atoms with van der Waals surface area (Å²) in [7, 11) is 0. The van der Waals surface area contributed by atoms with E-state index < -0.39 is 0 Å². The first-order valence-corrected chi connectivity index (χ1v) is 5.89. The highest BCUT2D eigenvalue weighted by atomic mass is 16.3. The quantitative estimate of drug-likeness (QED) is 0.798. The Kier molecular flexibility index (Phi) is 5.19. The molecule has 0 saturated carbocycles. The topological polar surface area (TPSA) is 49.2 Å². The number of aromatic nitrogens is 2. The van der Waals surface area contributed by atoms with Crippen molar-refractivity contribution in [2.24, 2.45) is 0 Å². The average Bonchev–Trinajstić information content (AvgIpc) is 2.29. The van der Waals surface area contributed by atoms with Crippen LogP contribution in [-0.4, -0.2) is 34.3 Å². The number of hydrogen-bond acceptors (Lipinski definition) is 4. The highest BCUT2D eigenvalue weighted by molar-refractivity contribution is 5.39. The van der Waals surface area contributed by atoms with Crippen LogP contribution in [0.2, 0.25) is 0 Å². The Morgan fingerprint density at radius 1 is 1.31 bits per heavy atom. The van der Waals surface area contributed by atoms with Gasteiger partial charge < -0.3 is 10.0 Å². The maximum Gasteiger partial charge on any atom is 0.132 e. The third-order valence-electron chi connectivity index (χ3n) is 2.81. The average molecular weight is 223 g/mol. The van der Waals surface area contributed by atoms with Crippen molar-refractivity contribution >= 4 is 5.82 Å². The molecule has 0 aliphatic carbocycles. The molecule has 4 heteroatoms. The number of rotatable bonds is 6. The summed E-state index contributed by atoms with van der Waals surface area (Å²) < 4.78 is 0. The van der Waals surface area contributed by atoms with E-state index in [-0.39, 0.29) is 6.61 Å². The molecule has 0 aromatic carbocycles. The van der Waals surface area contributed by atoms with E-state index in [1.54, 1.807) is 6.33 Å². The van der Waals surface area contributed by atoms with Gasteiger partial charge in [0.2, 0.25) is 0 Å². The molecule has 4 nitrogen and oxygen atoms in total. The Bertz CT molecular complexity index is 313. The van der Waals surface area contributed by atoms with Crippen molar-refractivity contribution in [2.75, 3.05) is 18.1 Å². The number of nitrogens with zero attached hydrogens (tertiary/aromatic N) is 3. The van der Waals surface area contributed by atoms with Gasteiger partial charge in [-0.3, -0.25) is 0 Å². The van der Waals surface area contributed by atoms with E-state index in [4.69, 9.17) is 5.11 Å². The van der Waals surface area contributed by atoms with Crippen LogP contribution in [0.5, 0.6) is 0 Å². The Hall–Kier alpha value is -1.16. The molecule has 1 aromatic heterocycles. The van der Waals surface area contributed by atoms with Gasteiger partial charge in [0.15, 0.2) is 0 Å². The van der Waals surface area contributed by atoms with Crippen molar-refractivity contribution in [1.29, 1.82) is 0 Å². The third-order valence-corrected chi connectivity index (χ3v) is 2.81. The van der Waals surface area contributed by atoms with E-state index in [0.29, 0.717) is 12.6 Å². The lowest BCUT2D eigenvalue weighted by Gasteiger charge is -2.31. The summed E-state index contributed by atoms with van der Waals surface area (Å²) >= 11 is 0. The minimum atomic E-state index is 0.152. The molecule has 1 N–H and O–H groups in total. The van der Waals surface area contributed by atoms with Crippen molar-refractivity contribution in [1.82, 2.24) is 9.97 Å². The van der Waals surface area contributed by atoms with Crippen molar-refractivity contribution in [2.45, 2.75) is 39.7 Å². The second-order valence-electron chi connectivity index (χ2n) is 3.90. The molecule has 0 aliphatic rings. The molecule has 1 aromatic rings. The molecule has 0 fully saturated rings. The van der Waals surface area contributed by atoms with Gasteiger partial charge in [-0.2, -0.15) is 0 Å². The molecule has 0 atom stereocenters. The van der Waals surface area contributed by atoms with Gasteiger partial charge in [-0.25, -0.2) is 9.97 Å². The van der Waals surface area contributed by atoms with Gasteiger partial charge in [0.1, 0.15) is 12.1 Å². The molecule has 1 heterocycles. The van der Waals surface area contributed by atoms with Crippen LogP contribution >= 0.6 is 0 Å². The van der Waals surface area contributed by atoms with E-state index in [0.717, 1.165) is 24.4 Å². The summed E-state index contributed by atoms with van der Waals surface area (Å²) in [5, 5.41) is 9.12. The van der Waals surface area contributed by atoms with Crippen LogP contribution in [0.15, 0.2) is 12.4 Å². The summed E-state index contributed by atoms with van der Waals surface area (Å²) in [5.41, 5.74) is 0.957. The largest absolute Gasteiger partial charge is 0.395 e. The molecule has 1 rings (SSSR count). The van der Waals surface area contributed by atoms with Crippen molar-refractivity contribution in [3.63, 3.8) is 0 Å². The summed E-state index contributed by atoms with van der Waals surface area (Å²) in [6.07, 6.45) is 3.69. The van der Waals surface area contributed by atoms with Gasteiger partial charge in [-0.15, -0.1) is 0 Å². The molecule has 90 valence electrons. The molecular formula is C12H21N3O. The zero-order valence-electron chi connectivity index (χ0n) is 10.3. The Morgan fingerprint density at radius 2 is 2.00 bits per heavy atom. The number of anilines is 1. The molecule has 0 saturated heterocycles. The smallest absolute Gasteiger partial charge is 0.132 e. The first-order valence-electron chi connectivity index (χ1n) is 5.89. The van der Waals surface area contributed by atoms with Gasteiger partial charge in [0.05, 0.1) is 6.61 Å². The number of aryl methyl sites for hydroxylation is 1. The normalized spacial score (nSPS) is 10.8. The first-order chi connectivity index (χ1) is 7.72. The summed E-state index contributed by atoms with van der Waals surface area (Å²) in [4.78, 5) is 10.5.